The number of methoxy groups -OCH3 is 2. The van der Waals surface area contributed by atoms with E-state index in [0.717, 1.165) is 5.56 Å². The van der Waals surface area contributed by atoms with Crippen molar-refractivity contribution in [1.29, 1.82) is 0 Å². The van der Waals surface area contributed by atoms with E-state index in [0.29, 0.717) is 65.3 Å². The first-order chi connectivity index (χ1) is 20.9. The van der Waals surface area contributed by atoms with Crippen molar-refractivity contribution in [2.75, 3.05) is 51.8 Å². The summed E-state index contributed by atoms with van der Waals surface area (Å²) in [6, 6.07) is 22.0. The topological polar surface area (TPSA) is 88.1 Å². The van der Waals surface area contributed by atoms with Crippen LogP contribution >= 0.6 is 11.6 Å². The molecule has 1 aliphatic rings. The van der Waals surface area contributed by atoms with Crippen molar-refractivity contribution in [1.82, 2.24) is 20.0 Å². The Balaban J connectivity index is 1.23. The lowest BCUT2D eigenvalue weighted by molar-refractivity contribution is -0.132. The third-order valence-corrected chi connectivity index (χ3v) is 7.62. The Morgan fingerprint density at radius 3 is 2.26 bits per heavy atom. The number of carbonyl (C=O) groups excluding carboxylic acids is 2. The summed E-state index contributed by atoms with van der Waals surface area (Å²) in [6.07, 6.45) is 0. The van der Waals surface area contributed by atoms with Crippen molar-refractivity contribution in [3.8, 4) is 22.8 Å². The van der Waals surface area contributed by atoms with Crippen LogP contribution in [0.1, 0.15) is 15.9 Å². The molecule has 0 bridgehead atoms. The van der Waals surface area contributed by atoms with E-state index in [1.54, 1.807) is 55.5 Å². The lowest BCUT2D eigenvalue weighted by Crippen LogP contribution is -2.52. The van der Waals surface area contributed by atoms with Crippen molar-refractivity contribution >= 4 is 29.2 Å². The van der Waals surface area contributed by atoms with Gasteiger partial charge in [0.2, 0.25) is 5.91 Å². The molecule has 0 saturated carbocycles. The van der Waals surface area contributed by atoms with E-state index in [9.17, 15) is 14.0 Å². The number of carbonyl (C=O) groups is 2. The SMILES string of the molecule is COc1ccc(-c2ccc(N3CCN(C(=O)CN(Cc4ccc(F)cc4)C(=O)c4ccccc4Cl)CC3)nn2)cc1OC. The van der Waals surface area contributed by atoms with Crippen LogP contribution in [0.3, 0.4) is 0 Å². The largest absolute Gasteiger partial charge is 0.493 e. The summed E-state index contributed by atoms with van der Waals surface area (Å²) in [5, 5.41) is 9.13. The molecule has 1 saturated heterocycles. The van der Waals surface area contributed by atoms with Crippen molar-refractivity contribution < 1.29 is 23.5 Å². The number of hydrogen-bond donors (Lipinski definition) is 0. The minimum Gasteiger partial charge on any atom is -0.493 e. The molecule has 3 aromatic carbocycles. The lowest BCUT2D eigenvalue weighted by atomic mass is 10.1. The van der Waals surface area contributed by atoms with Crippen molar-refractivity contribution in [2.24, 2.45) is 0 Å². The zero-order chi connectivity index (χ0) is 30.3. The van der Waals surface area contributed by atoms with Gasteiger partial charge in [-0.05, 0) is 60.2 Å². The van der Waals surface area contributed by atoms with Gasteiger partial charge in [0.15, 0.2) is 17.3 Å². The molecule has 2 amide bonds. The number of benzene rings is 3. The monoisotopic (exact) mass is 603 g/mol. The Hall–Kier alpha value is -4.70. The maximum Gasteiger partial charge on any atom is 0.256 e. The third-order valence-electron chi connectivity index (χ3n) is 7.29. The first-order valence-corrected chi connectivity index (χ1v) is 14.1. The molecule has 5 rings (SSSR count). The van der Waals surface area contributed by atoms with Crippen LogP contribution in [-0.2, 0) is 11.3 Å². The molecule has 1 aromatic heterocycles. The van der Waals surface area contributed by atoms with E-state index >= 15 is 0 Å². The summed E-state index contributed by atoms with van der Waals surface area (Å²) in [5.41, 5.74) is 2.56. The van der Waals surface area contributed by atoms with Gasteiger partial charge in [0.1, 0.15) is 12.4 Å². The van der Waals surface area contributed by atoms with Gasteiger partial charge < -0.3 is 24.2 Å². The Morgan fingerprint density at radius 1 is 0.884 bits per heavy atom. The molecule has 1 aliphatic heterocycles. The highest BCUT2D eigenvalue weighted by Crippen LogP contribution is 2.31. The van der Waals surface area contributed by atoms with Gasteiger partial charge in [-0.15, -0.1) is 10.2 Å². The van der Waals surface area contributed by atoms with E-state index in [2.05, 4.69) is 15.1 Å². The quantitative estimate of drug-likeness (QED) is 0.268. The first-order valence-electron chi connectivity index (χ1n) is 13.7. The molecule has 1 fully saturated rings. The predicted octanol–water partition coefficient (Wildman–Crippen LogP) is 4.94. The number of anilines is 1. The van der Waals surface area contributed by atoms with Crippen LogP contribution in [0.2, 0.25) is 5.02 Å². The van der Waals surface area contributed by atoms with Crippen LogP contribution in [0.25, 0.3) is 11.3 Å². The molecule has 4 aromatic rings. The van der Waals surface area contributed by atoms with Crippen LogP contribution in [0.4, 0.5) is 10.2 Å². The fraction of sp³-hybridized carbons (Fsp3) is 0.250. The molecule has 222 valence electrons. The number of amides is 2. The highest BCUT2D eigenvalue weighted by atomic mass is 35.5. The number of ether oxygens (including phenoxy) is 2. The lowest BCUT2D eigenvalue weighted by Gasteiger charge is -2.36. The highest BCUT2D eigenvalue weighted by molar-refractivity contribution is 6.33. The van der Waals surface area contributed by atoms with E-state index in [-0.39, 0.29) is 30.7 Å². The predicted molar refractivity (Wildman–Crippen MR) is 162 cm³/mol. The molecular weight excluding hydrogens is 573 g/mol. The maximum absolute atomic E-state index is 13.5. The third kappa shape index (κ3) is 7.03. The standard InChI is InChI=1S/C32H31ClFN5O4/c1-42-28-13-9-23(19-29(28)43-2)27-12-14-30(36-35-27)37-15-17-38(18-16-37)31(40)21-39(20-22-7-10-24(34)11-8-22)32(41)25-5-3-4-6-26(25)33/h3-14,19H,15-18,20-21H2,1-2H3. The van der Waals surface area contributed by atoms with Gasteiger partial charge in [0, 0.05) is 38.3 Å². The van der Waals surface area contributed by atoms with E-state index in [1.807, 2.05) is 30.3 Å². The fourth-order valence-corrected chi connectivity index (χ4v) is 5.12. The number of aromatic nitrogens is 2. The Morgan fingerprint density at radius 2 is 1.60 bits per heavy atom. The number of hydrogen-bond acceptors (Lipinski definition) is 7. The minimum absolute atomic E-state index is 0.137. The Labute approximate surface area is 254 Å². The second kappa shape index (κ2) is 13.5. The van der Waals surface area contributed by atoms with Crippen LogP contribution < -0.4 is 14.4 Å². The van der Waals surface area contributed by atoms with Crippen LogP contribution in [0.15, 0.2) is 78.9 Å². The summed E-state index contributed by atoms with van der Waals surface area (Å²) < 4.78 is 24.2. The Kier molecular flexibility index (Phi) is 9.36. The molecule has 9 nitrogen and oxygen atoms in total. The number of nitrogens with zero attached hydrogens (tertiary/aromatic N) is 5. The molecular formula is C32H31ClFN5O4. The fourth-order valence-electron chi connectivity index (χ4n) is 4.91. The molecule has 43 heavy (non-hydrogen) atoms. The molecule has 0 unspecified atom stereocenters. The molecule has 11 heteroatoms. The zero-order valence-electron chi connectivity index (χ0n) is 23.9. The van der Waals surface area contributed by atoms with Gasteiger partial charge in [-0.3, -0.25) is 9.59 Å². The zero-order valence-corrected chi connectivity index (χ0v) is 24.6. The van der Waals surface area contributed by atoms with Gasteiger partial charge in [0.05, 0.1) is 30.5 Å². The van der Waals surface area contributed by atoms with E-state index in [1.165, 1.54) is 17.0 Å². The molecule has 0 spiro atoms. The van der Waals surface area contributed by atoms with Crippen molar-refractivity contribution in [3.63, 3.8) is 0 Å². The number of piperazine rings is 1. The molecule has 2 heterocycles. The molecule has 0 aliphatic carbocycles. The van der Waals surface area contributed by atoms with Crippen molar-refractivity contribution in [2.45, 2.75) is 6.54 Å². The molecule has 0 N–H and O–H groups in total. The van der Waals surface area contributed by atoms with E-state index < -0.39 is 0 Å². The summed E-state index contributed by atoms with van der Waals surface area (Å²) in [5.74, 6) is 1.03. The first kappa shape index (κ1) is 29.8. The van der Waals surface area contributed by atoms with E-state index in [4.69, 9.17) is 21.1 Å². The van der Waals surface area contributed by atoms with Gasteiger partial charge in [-0.25, -0.2) is 4.39 Å². The molecule has 0 atom stereocenters. The van der Waals surface area contributed by atoms with Crippen LogP contribution in [0.5, 0.6) is 11.5 Å². The normalized spacial score (nSPS) is 13.0. The van der Waals surface area contributed by atoms with Crippen LogP contribution in [-0.4, -0.2) is 78.8 Å². The van der Waals surface area contributed by atoms with Gasteiger partial charge in [0.25, 0.3) is 5.91 Å². The number of rotatable bonds is 9. The summed E-state index contributed by atoms with van der Waals surface area (Å²) in [4.78, 5) is 32.1. The summed E-state index contributed by atoms with van der Waals surface area (Å²) in [7, 11) is 3.17. The van der Waals surface area contributed by atoms with Gasteiger partial charge in [-0.1, -0.05) is 35.9 Å². The second-order valence-corrected chi connectivity index (χ2v) is 10.4. The van der Waals surface area contributed by atoms with Gasteiger partial charge >= 0.3 is 0 Å². The average Bonchev–Trinajstić information content (AvgIpc) is 3.05. The minimum atomic E-state index is -0.373. The highest BCUT2D eigenvalue weighted by Gasteiger charge is 2.27. The number of halogens is 2. The summed E-state index contributed by atoms with van der Waals surface area (Å²) >= 11 is 6.30. The Bertz CT molecular complexity index is 1580. The van der Waals surface area contributed by atoms with Crippen molar-refractivity contribution in [3.05, 3.63) is 101 Å². The summed E-state index contributed by atoms with van der Waals surface area (Å²) in [6.45, 7) is 2.05. The maximum atomic E-state index is 13.5. The molecule has 0 radical (unpaired) electrons. The van der Waals surface area contributed by atoms with Crippen LogP contribution in [0, 0.1) is 5.82 Å². The second-order valence-electron chi connectivity index (χ2n) is 9.98. The average molecular weight is 604 g/mol. The smallest absolute Gasteiger partial charge is 0.256 e. The van der Waals surface area contributed by atoms with Gasteiger partial charge in [-0.2, -0.15) is 0 Å².